The molecule has 0 radical (unpaired) electrons. The van der Waals surface area contributed by atoms with Gasteiger partial charge in [-0.15, -0.1) is 0 Å². The molecule has 6 nitrogen and oxygen atoms in total. The molecule has 1 unspecified atom stereocenters. The van der Waals surface area contributed by atoms with Crippen LogP contribution in [0.4, 0.5) is 0 Å². The van der Waals surface area contributed by atoms with Crippen molar-refractivity contribution in [1.29, 1.82) is 0 Å². The number of hydrogen-bond donors (Lipinski definition) is 1. The van der Waals surface area contributed by atoms with Gasteiger partial charge in [-0.1, -0.05) is 31.9 Å². The highest BCUT2D eigenvalue weighted by Crippen LogP contribution is 2.31. The Hall–Kier alpha value is -2.08. The molecule has 1 atom stereocenters. The molecule has 1 aliphatic rings. The second kappa shape index (κ2) is 10.9. The second-order valence-corrected chi connectivity index (χ2v) is 7.21. The number of likely N-dealkylation sites (N-methyl/N-ethyl adjacent to an activating group) is 1. The summed E-state index contributed by atoms with van der Waals surface area (Å²) in [4.78, 5) is 28.4. The first-order chi connectivity index (χ1) is 13.0. The summed E-state index contributed by atoms with van der Waals surface area (Å²) in [7, 11) is 3.37. The lowest BCUT2D eigenvalue weighted by molar-refractivity contribution is -0.136. The van der Waals surface area contributed by atoms with E-state index in [2.05, 4.69) is 22.3 Å². The summed E-state index contributed by atoms with van der Waals surface area (Å²) in [5.74, 6) is 0.727. The number of methoxy groups -OCH3 is 1. The first-order valence-electron chi connectivity index (χ1n) is 9.93. The van der Waals surface area contributed by atoms with Gasteiger partial charge in [0.15, 0.2) is 0 Å². The molecule has 1 N–H and O–H groups in total. The van der Waals surface area contributed by atoms with Gasteiger partial charge in [-0.25, -0.2) is 0 Å². The summed E-state index contributed by atoms with van der Waals surface area (Å²) in [5.41, 5.74) is 1.22. The van der Waals surface area contributed by atoms with Gasteiger partial charge in [-0.2, -0.15) is 0 Å². The molecule has 0 spiro atoms. The third kappa shape index (κ3) is 6.54. The van der Waals surface area contributed by atoms with Crippen molar-refractivity contribution in [2.45, 2.75) is 45.1 Å². The predicted molar refractivity (Wildman–Crippen MR) is 107 cm³/mol. The van der Waals surface area contributed by atoms with Gasteiger partial charge >= 0.3 is 0 Å². The molecule has 6 heteroatoms. The maximum absolute atomic E-state index is 12.7. The van der Waals surface area contributed by atoms with E-state index in [0.717, 1.165) is 38.0 Å². The number of nitrogens with one attached hydrogen (secondary N) is 1. The molecule has 27 heavy (non-hydrogen) atoms. The van der Waals surface area contributed by atoms with Crippen molar-refractivity contribution in [2.24, 2.45) is 0 Å². The number of likely N-dealkylation sites (tertiary alicyclic amines) is 1. The van der Waals surface area contributed by atoms with E-state index >= 15 is 0 Å². The van der Waals surface area contributed by atoms with Gasteiger partial charge in [-0.05, 0) is 43.5 Å². The molecule has 1 aromatic rings. The molecule has 0 bridgehead atoms. The molecule has 2 rings (SSSR count). The van der Waals surface area contributed by atoms with Crippen molar-refractivity contribution in [3.05, 3.63) is 29.8 Å². The molecular formula is C21H33N3O3. The minimum Gasteiger partial charge on any atom is -0.497 e. The van der Waals surface area contributed by atoms with Gasteiger partial charge in [0.05, 0.1) is 20.2 Å². The van der Waals surface area contributed by atoms with Crippen LogP contribution in [0.2, 0.25) is 0 Å². The largest absolute Gasteiger partial charge is 0.497 e. The summed E-state index contributed by atoms with van der Waals surface area (Å²) in [6.45, 7) is 4.01. The van der Waals surface area contributed by atoms with Crippen LogP contribution in [0.1, 0.15) is 50.6 Å². The van der Waals surface area contributed by atoms with Crippen molar-refractivity contribution < 1.29 is 14.3 Å². The van der Waals surface area contributed by atoms with Crippen LogP contribution < -0.4 is 10.1 Å². The fourth-order valence-corrected chi connectivity index (χ4v) is 3.48. The Labute approximate surface area is 162 Å². The van der Waals surface area contributed by atoms with E-state index in [4.69, 9.17) is 4.74 Å². The van der Waals surface area contributed by atoms with Crippen molar-refractivity contribution in [3.8, 4) is 5.75 Å². The Morgan fingerprint density at radius 3 is 2.63 bits per heavy atom. The van der Waals surface area contributed by atoms with Gasteiger partial charge in [0.1, 0.15) is 5.75 Å². The average Bonchev–Trinajstić information content (AvgIpc) is 2.91. The highest BCUT2D eigenvalue weighted by atomic mass is 16.5. The maximum Gasteiger partial charge on any atom is 0.239 e. The van der Waals surface area contributed by atoms with Crippen molar-refractivity contribution in [3.63, 3.8) is 0 Å². The van der Waals surface area contributed by atoms with E-state index < -0.39 is 0 Å². The molecule has 1 saturated heterocycles. The highest BCUT2D eigenvalue weighted by molar-refractivity contribution is 5.85. The predicted octanol–water partition coefficient (Wildman–Crippen LogP) is 2.60. The number of hydrogen-bond acceptors (Lipinski definition) is 4. The first-order valence-corrected chi connectivity index (χ1v) is 9.93. The summed E-state index contributed by atoms with van der Waals surface area (Å²) < 4.78 is 5.26. The zero-order valence-electron chi connectivity index (χ0n) is 16.9. The molecule has 0 saturated carbocycles. The molecular weight excluding hydrogens is 342 g/mol. The minimum atomic E-state index is -0.102. The minimum absolute atomic E-state index is 0.0120. The third-order valence-corrected chi connectivity index (χ3v) is 5.08. The summed E-state index contributed by atoms with van der Waals surface area (Å²) in [5, 5.41) is 2.82. The monoisotopic (exact) mass is 375 g/mol. The fourth-order valence-electron chi connectivity index (χ4n) is 3.48. The number of rotatable bonds is 8. The lowest BCUT2D eigenvalue weighted by atomic mass is 10.0. The fraction of sp³-hybridized carbons (Fsp3) is 0.619. The number of ether oxygens (including phenoxy) is 1. The van der Waals surface area contributed by atoms with Gasteiger partial charge in [0.2, 0.25) is 11.8 Å². The standard InChI is InChI=1S/C21H33N3O3/c1-4-13-22-20(25)15-23(2)21(26)16-24-14-7-5-6-8-19(24)17-9-11-18(27-3)12-10-17/h9-12,19H,4-8,13-16H2,1-3H3,(H,22,25). The van der Waals surface area contributed by atoms with Crippen LogP contribution >= 0.6 is 0 Å². The Kier molecular flexibility index (Phi) is 8.58. The van der Waals surface area contributed by atoms with Gasteiger partial charge < -0.3 is 15.0 Å². The molecule has 150 valence electrons. The van der Waals surface area contributed by atoms with E-state index in [1.165, 1.54) is 16.9 Å². The number of amides is 2. The van der Waals surface area contributed by atoms with Crippen LogP contribution in [0.3, 0.4) is 0 Å². The zero-order valence-corrected chi connectivity index (χ0v) is 16.9. The summed E-state index contributed by atoms with van der Waals surface area (Å²) in [6, 6.07) is 8.36. The lowest BCUT2D eigenvalue weighted by Gasteiger charge is -2.31. The number of nitrogens with zero attached hydrogens (tertiary/aromatic N) is 2. The average molecular weight is 376 g/mol. The van der Waals surface area contributed by atoms with E-state index in [0.29, 0.717) is 13.1 Å². The molecule has 1 aromatic carbocycles. The van der Waals surface area contributed by atoms with Crippen LogP contribution in [0, 0.1) is 0 Å². The Balaban J connectivity index is 2.01. The quantitative estimate of drug-likeness (QED) is 0.759. The molecule has 2 amide bonds. The maximum atomic E-state index is 12.7. The first kappa shape index (κ1) is 21.2. The third-order valence-electron chi connectivity index (χ3n) is 5.08. The van der Waals surface area contributed by atoms with Gasteiger partial charge in [0, 0.05) is 19.6 Å². The van der Waals surface area contributed by atoms with E-state index in [9.17, 15) is 9.59 Å². The van der Waals surface area contributed by atoms with Crippen LogP contribution in [-0.4, -0.2) is 62.0 Å². The van der Waals surface area contributed by atoms with Crippen LogP contribution in [0.15, 0.2) is 24.3 Å². The molecule has 0 aromatic heterocycles. The highest BCUT2D eigenvalue weighted by Gasteiger charge is 2.26. The number of benzene rings is 1. The SMILES string of the molecule is CCCNC(=O)CN(C)C(=O)CN1CCCCCC1c1ccc(OC)cc1. The lowest BCUT2D eigenvalue weighted by Crippen LogP contribution is -2.44. The Morgan fingerprint density at radius 2 is 1.96 bits per heavy atom. The zero-order chi connectivity index (χ0) is 19.6. The Bertz CT molecular complexity index is 603. The topological polar surface area (TPSA) is 61.9 Å². The van der Waals surface area contributed by atoms with E-state index in [1.807, 2.05) is 19.1 Å². The normalized spacial score (nSPS) is 17.8. The Morgan fingerprint density at radius 1 is 1.22 bits per heavy atom. The van der Waals surface area contributed by atoms with Crippen molar-refractivity contribution in [1.82, 2.24) is 15.1 Å². The van der Waals surface area contributed by atoms with E-state index in [-0.39, 0.29) is 24.4 Å². The van der Waals surface area contributed by atoms with Crippen LogP contribution in [0.25, 0.3) is 0 Å². The molecule has 1 aliphatic heterocycles. The van der Waals surface area contributed by atoms with Crippen molar-refractivity contribution in [2.75, 3.05) is 40.3 Å². The summed E-state index contributed by atoms with van der Waals surface area (Å²) in [6.07, 6.45) is 5.38. The molecule has 1 heterocycles. The van der Waals surface area contributed by atoms with Gasteiger partial charge in [0.25, 0.3) is 0 Å². The van der Waals surface area contributed by atoms with Gasteiger partial charge in [-0.3, -0.25) is 14.5 Å². The molecule has 1 fully saturated rings. The van der Waals surface area contributed by atoms with Crippen LogP contribution in [0.5, 0.6) is 5.75 Å². The number of carbonyl (C=O) groups excluding carboxylic acids is 2. The van der Waals surface area contributed by atoms with Crippen molar-refractivity contribution >= 4 is 11.8 Å². The van der Waals surface area contributed by atoms with Crippen LogP contribution in [-0.2, 0) is 9.59 Å². The van der Waals surface area contributed by atoms with E-state index in [1.54, 1.807) is 14.2 Å². The second-order valence-electron chi connectivity index (χ2n) is 7.21. The smallest absolute Gasteiger partial charge is 0.239 e. The summed E-state index contributed by atoms with van der Waals surface area (Å²) >= 11 is 0. The number of carbonyl (C=O) groups is 2. The molecule has 0 aliphatic carbocycles.